The number of benzene rings is 9. The maximum Gasteiger partial charge on any atom is 0.0384 e. The number of nitrogens with one attached hydrogen (secondary N) is 2. The zero-order valence-electron chi connectivity index (χ0n) is 43.1. The van der Waals surface area contributed by atoms with Crippen molar-refractivity contribution in [3.8, 4) is 66.8 Å². The molecule has 0 unspecified atom stereocenters. The normalized spacial score (nSPS) is 11.2. The molecular weight excluding hydrogens is 869 g/mol. The summed E-state index contributed by atoms with van der Waals surface area (Å²) in [5, 5.41) is 7.24. The number of unbranched alkanes of at least 4 members (excludes halogenated alkanes) is 6. The maximum atomic E-state index is 3.62. The van der Waals surface area contributed by atoms with Gasteiger partial charge in [0, 0.05) is 22.7 Å². The minimum Gasteiger partial charge on any atom is -0.356 e. The van der Waals surface area contributed by atoms with E-state index in [9.17, 15) is 0 Å². The van der Waals surface area contributed by atoms with Crippen LogP contribution in [0.1, 0.15) is 101 Å². The summed E-state index contributed by atoms with van der Waals surface area (Å²) < 4.78 is 0. The third kappa shape index (κ3) is 12.4. The van der Waals surface area contributed by atoms with E-state index in [4.69, 9.17) is 0 Å². The molecule has 0 amide bonds. The van der Waals surface area contributed by atoms with Crippen LogP contribution in [0.15, 0.2) is 206 Å². The summed E-state index contributed by atoms with van der Waals surface area (Å²) in [5.41, 5.74) is 25.6. The van der Waals surface area contributed by atoms with E-state index in [2.05, 4.69) is 245 Å². The van der Waals surface area contributed by atoms with E-state index in [1.165, 1.54) is 140 Å². The smallest absolute Gasteiger partial charge is 0.0384 e. The summed E-state index contributed by atoms with van der Waals surface area (Å²) >= 11 is 0. The lowest BCUT2D eigenvalue weighted by Crippen LogP contribution is -2.00. The highest BCUT2D eigenvalue weighted by molar-refractivity contribution is 5.82. The number of hydrogen-bond donors (Lipinski definition) is 2. The van der Waals surface area contributed by atoms with Crippen LogP contribution in [0.4, 0.5) is 22.7 Å². The van der Waals surface area contributed by atoms with Crippen LogP contribution in [-0.4, -0.2) is 0 Å². The Morgan fingerprint density at radius 2 is 0.569 bits per heavy atom. The Balaban J connectivity index is 0.980. The number of aryl methyl sites for hydroxylation is 4. The van der Waals surface area contributed by atoms with Crippen LogP contribution in [0.5, 0.6) is 0 Å². The molecule has 9 aromatic carbocycles. The van der Waals surface area contributed by atoms with Crippen molar-refractivity contribution in [3.05, 3.63) is 229 Å². The second-order valence-electron chi connectivity index (χ2n) is 19.5. The van der Waals surface area contributed by atoms with Crippen molar-refractivity contribution in [2.75, 3.05) is 10.6 Å². The fraction of sp³-hybridized carbons (Fsp3) is 0.229. The first kappa shape index (κ1) is 49.6. The van der Waals surface area contributed by atoms with Gasteiger partial charge < -0.3 is 10.6 Å². The molecule has 0 fully saturated rings. The topological polar surface area (TPSA) is 24.1 Å². The van der Waals surface area contributed by atoms with Crippen LogP contribution in [-0.2, 0) is 25.7 Å². The first-order valence-corrected chi connectivity index (χ1v) is 27.0. The second-order valence-corrected chi connectivity index (χ2v) is 19.5. The Kier molecular flexibility index (Phi) is 16.9. The molecule has 2 heteroatoms. The predicted molar refractivity (Wildman–Crippen MR) is 313 cm³/mol. The molecular formula is C70H72N2. The molecule has 0 aromatic heterocycles. The number of rotatable bonds is 22. The van der Waals surface area contributed by atoms with Gasteiger partial charge in [0.2, 0.25) is 0 Å². The molecule has 0 aliphatic heterocycles. The first-order chi connectivity index (χ1) is 35.5. The lowest BCUT2D eigenvalue weighted by atomic mass is 9.84. The van der Waals surface area contributed by atoms with Crippen LogP contribution in [0, 0.1) is 0 Å². The highest BCUT2D eigenvalue weighted by atomic mass is 14.9. The van der Waals surface area contributed by atoms with Crippen molar-refractivity contribution in [3.63, 3.8) is 0 Å². The summed E-state index contributed by atoms with van der Waals surface area (Å²) in [6, 6.07) is 76.2. The van der Waals surface area contributed by atoms with E-state index in [1.54, 1.807) is 0 Å². The molecule has 0 spiro atoms. The summed E-state index contributed by atoms with van der Waals surface area (Å²) in [5.74, 6) is 0. The summed E-state index contributed by atoms with van der Waals surface area (Å²) in [4.78, 5) is 0. The van der Waals surface area contributed by atoms with Gasteiger partial charge >= 0.3 is 0 Å². The highest BCUT2D eigenvalue weighted by Crippen LogP contribution is 2.39. The SMILES string of the molecule is CCCCCCc1cc(-c2ccc(-c3ccc(Nc4ccc(-c5ccccc5)cc4)cc3)c(CC)c2)c(CCCCCC)cc1-c1ccc(-c2ccc(Nc3ccc(-c4ccccc4)cc3)cc2)c(CC)c1. The Morgan fingerprint density at radius 3 is 0.903 bits per heavy atom. The third-order valence-electron chi connectivity index (χ3n) is 14.5. The molecule has 0 aliphatic rings. The zero-order chi connectivity index (χ0) is 49.5. The molecule has 9 aromatic rings. The third-order valence-corrected chi connectivity index (χ3v) is 14.5. The van der Waals surface area contributed by atoms with E-state index in [1.807, 2.05) is 0 Å². The van der Waals surface area contributed by atoms with Gasteiger partial charge in [0.15, 0.2) is 0 Å². The Bertz CT molecular complexity index is 2900. The summed E-state index contributed by atoms with van der Waals surface area (Å²) in [7, 11) is 0. The molecule has 0 bridgehead atoms. The molecule has 9 rings (SSSR count). The lowest BCUT2D eigenvalue weighted by molar-refractivity contribution is 0.664. The second kappa shape index (κ2) is 24.6. The van der Waals surface area contributed by atoms with Gasteiger partial charge in [0.1, 0.15) is 0 Å². The molecule has 0 saturated carbocycles. The Labute approximate surface area is 431 Å². The van der Waals surface area contributed by atoms with Crippen molar-refractivity contribution in [1.29, 1.82) is 0 Å². The standard InChI is InChI=1S/C70H72N2/c1-5-9-11-15-25-59-49-70(62-36-46-68(52(8-4)48-62)58-33-43-66(44-34-58)72-64-39-29-56(30-40-64)54-23-19-14-20-24-54)60(26-16-12-10-6-2)50-69(59)61-35-45-67(51(7-3)47-61)57-31-41-65(42-32-57)71-63-37-27-55(28-38-63)53-21-17-13-18-22-53/h13-14,17-24,27-50,71-72H,5-12,15-16,25-26H2,1-4H3. The molecule has 0 aliphatic carbocycles. The molecule has 72 heavy (non-hydrogen) atoms. The molecule has 2 nitrogen and oxygen atoms in total. The van der Waals surface area contributed by atoms with E-state index in [0.29, 0.717) is 0 Å². The summed E-state index contributed by atoms with van der Waals surface area (Å²) in [6.45, 7) is 9.23. The van der Waals surface area contributed by atoms with Crippen LogP contribution in [0.3, 0.4) is 0 Å². The minimum absolute atomic E-state index is 0.971. The van der Waals surface area contributed by atoms with Crippen molar-refractivity contribution >= 4 is 22.7 Å². The highest BCUT2D eigenvalue weighted by Gasteiger charge is 2.17. The maximum absolute atomic E-state index is 3.62. The van der Waals surface area contributed by atoms with Crippen LogP contribution in [0.25, 0.3) is 66.8 Å². The van der Waals surface area contributed by atoms with E-state index < -0.39 is 0 Å². The molecule has 0 heterocycles. The van der Waals surface area contributed by atoms with E-state index >= 15 is 0 Å². The average Bonchev–Trinajstić information content (AvgIpc) is 3.44. The van der Waals surface area contributed by atoms with Crippen molar-refractivity contribution in [2.24, 2.45) is 0 Å². The fourth-order valence-corrected chi connectivity index (χ4v) is 10.3. The van der Waals surface area contributed by atoms with Crippen LogP contribution >= 0.6 is 0 Å². The monoisotopic (exact) mass is 941 g/mol. The number of anilines is 4. The zero-order valence-corrected chi connectivity index (χ0v) is 43.1. The van der Waals surface area contributed by atoms with E-state index in [0.717, 1.165) is 48.4 Å². The van der Waals surface area contributed by atoms with E-state index in [-0.39, 0.29) is 0 Å². The van der Waals surface area contributed by atoms with Gasteiger partial charge in [-0.1, -0.05) is 224 Å². The fourth-order valence-electron chi connectivity index (χ4n) is 10.3. The number of hydrogen-bond acceptors (Lipinski definition) is 2. The average molecular weight is 941 g/mol. The van der Waals surface area contributed by atoms with Crippen LogP contribution in [0.2, 0.25) is 0 Å². The Morgan fingerprint density at radius 1 is 0.250 bits per heavy atom. The van der Waals surface area contributed by atoms with Gasteiger partial charge in [-0.05, 0) is 176 Å². The van der Waals surface area contributed by atoms with Crippen LogP contribution < -0.4 is 10.6 Å². The summed E-state index contributed by atoms with van der Waals surface area (Å²) in [6.07, 6.45) is 14.1. The predicted octanol–water partition coefficient (Wildman–Crippen LogP) is 20.5. The van der Waals surface area contributed by atoms with Crippen molar-refractivity contribution < 1.29 is 0 Å². The van der Waals surface area contributed by atoms with Crippen molar-refractivity contribution in [1.82, 2.24) is 0 Å². The van der Waals surface area contributed by atoms with Gasteiger partial charge in [-0.3, -0.25) is 0 Å². The van der Waals surface area contributed by atoms with Gasteiger partial charge in [0.05, 0.1) is 0 Å². The molecule has 0 saturated heterocycles. The first-order valence-electron chi connectivity index (χ1n) is 27.0. The van der Waals surface area contributed by atoms with Crippen molar-refractivity contribution in [2.45, 2.75) is 105 Å². The minimum atomic E-state index is 0.971. The molecule has 2 N–H and O–H groups in total. The Hall–Kier alpha value is -7.42. The van der Waals surface area contributed by atoms with Gasteiger partial charge in [0.25, 0.3) is 0 Å². The van der Waals surface area contributed by atoms with Gasteiger partial charge in [-0.25, -0.2) is 0 Å². The molecule has 362 valence electrons. The van der Waals surface area contributed by atoms with Gasteiger partial charge in [-0.15, -0.1) is 0 Å². The lowest BCUT2D eigenvalue weighted by Gasteiger charge is -2.20. The largest absolute Gasteiger partial charge is 0.356 e. The molecule has 0 atom stereocenters. The molecule has 0 radical (unpaired) electrons. The quantitative estimate of drug-likeness (QED) is 0.0662. The van der Waals surface area contributed by atoms with Gasteiger partial charge in [-0.2, -0.15) is 0 Å².